The molecule has 6 heteroatoms. The highest BCUT2D eigenvalue weighted by molar-refractivity contribution is 5.71. The van der Waals surface area contributed by atoms with E-state index in [2.05, 4.69) is 191 Å². The molecule has 0 amide bonds. The molecule has 0 aliphatic rings. The average molecular weight is 947 g/mol. The molecule has 0 rings (SSSR count). The molecule has 0 aliphatic heterocycles. The molecule has 0 fully saturated rings. The van der Waals surface area contributed by atoms with Crippen LogP contribution in [0.25, 0.3) is 0 Å². The Morgan fingerprint density at radius 2 is 0.551 bits per heavy atom. The van der Waals surface area contributed by atoms with Crippen molar-refractivity contribution in [3.63, 3.8) is 0 Å². The third kappa shape index (κ3) is 53.6. The maximum Gasteiger partial charge on any atom is 0.306 e. The average Bonchev–Trinajstić information content (AvgIpc) is 3.35. The second-order valence-corrected chi connectivity index (χ2v) is 16.7. The minimum atomic E-state index is -0.862. The molecule has 0 radical (unpaired) electrons. The van der Waals surface area contributed by atoms with Gasteiger partial charge >= 0.3 is 17.9 Å². The van der Waals surface area contributed by atoms with Crippen LogP contribution in [-0.4, -0.2) is 37.2 Å². The highest BCUT2D eigenvalue weighted by Crippen LogP contribution is 2.09. The Morgan fingerprint density at radius 1 is 0.304 bits per heavy atom. The van der Waals surface area contributed by atoms with E-state index in [9.17, 15) is 14.4 Å². The molecule has 0 aromatic carbocycles. The molecule has 0 aliphatic carbocycles. The summed E-state index contributed by atoms with van der Waals surface area (Å²) in [4.78, 5) is 38.0. The monoisotopic (exact) mass is 947 g/mol. The van der Waals surface area contributed by atoms with Gasteiger partial charge in [0, 0.05) is 19.3 Å². The highest BCUT2D eigenvalue weighted by atomic mass is 16.6. The minimum Gasteiger partial charge on any atom is -0.462 e. The van der Waals surface area contributed by atoms with Gasteiger partial charge in [0.15, 0.2) is 6.10 Å². The molecular weight excluding hydrogens is 853 g/mol. The molecule has 0 aromatic rings. The number of allylic oxidation sites excluding steroid dienone is 28. The zero-order valence-corrected chi connectivity index (χ0v) is 43.5. The quantitative estimate of drug-likeness (QED) is 0.0262. The van der Waals surface area contributed by atoms with E-state index >= 15 is 0 Å². The summed E-state index contributed by atoms with van der Waals surface area (Å²) in [7, 11) is 0. The third-order valence-electron chi connectivity index (χ3n) is 10.2. The van der Waals surface area contributed by atoms with Gasteiger partial charge in [-0.3, -0.25) is 14.4 Å². The number of unbranched alkanes of at least 4 members (excludes halogenated alkanes) is 6. The lowest BCUT2D eigenvalue weighted by Gasteiger charge is -2.18. The Kier molecular flexibility index (Phi) is 51.2. The first-order valence-corrected chi connectivity index (χ1v) is 26.6. The SMILES string of the molecule is CC/C=C\C/C=C\C/C=C\C/C=C\C/C=C\CCCC(=O)OCC(COC(=O)CCC/C=C\C/C=C\C/C=C\C/C=C\CCCCC)OC(=O)CCC/C=C\C/C=C\C/C=C\C/C=C\C/C=C\CC. The maximum absolute atomic E-state index is 12.8. The summed E-state index contributed by atoms with van der Waals surface area (Å²) in [5.74, 6) is -1.14. The lowest BCUT2D eigenvalue weighted by Crippen LogP contribution is -2.30. The number of hydrogen-bond acceptors (Lipinski definition) is 6. The van der Waals surface area contributed by atoms with E-state index in [0.29, 0.717) is 19.3 Å². The molecule has 0 spiro atoms. The van der Waals surface area contributed by atoms with Crippen molar-refractivity contribution in [2.75, 3.05) is 13.2 Å². The van der Waals surface area contributed by atoms with Crippen molar-refractivity contribution in [2.45, 2.75) is 194 Å². The van der Waals surface area contributed by atoms with Gasteiger partial charge in [-0.15, -0.1) is 0 Å². The second kappa shape index (κ2) is 55.4. The molecule has 0 heterocycles. The minimum absolute atomic E-state index is 0.156. The van der Waals surface area contributed by atoms with E-state index in [1.165, 1.54) is 25.7 Å². The van der Waals surface area contributed by atoms with Gasteiger partial charge in [0.25, 0.3) is 0 Å². The smallest absolute Gasteiger partial charge is 0.306 e. The topological polar surface area (TPSA) is 78.9 Å². The van der Waals surface area contributed by atoms with Crippen LogP contribution < -0.4 is 0 Å². The molecule has 1 unspecified atom stereocenters. The molecule has 1 atom stereocenters. The summed E-state index contributed by atoms with van der Waals surface area (Å²) in [6.07, 6.45) is 82.1. The molecule has 0 aromatic heterocycles. The summed E-state index contributed by atoms with van der Waals surface area (Å²) in [6.45, 7) is 6.20. The van der Waals surface area contributed by atoms with Crippen molar-refractivity contribution in [3.8, 4) is 0 Å². The lowest BCUT2D eigenvalue weighted by atomic mass is 10.2. The molecule has 69 heavy (non-hydrogen) atoms. The van der Waals surface area contributed by atoms with Crippen molar-refractivity contribution in [1.29, 1.82) is 0 Å². The standard InChI is InChI=1S/C63H94O6/c1-4-7-10-13-16-19-22-25-28-31-34-37-40-43-46-49-52-55-61(64)67-58-60(69-63(66)57-54-51-48-45-42-39-36-33-30-27-24-21-18-15-12-9-6-3)59-68-62(65)56-53-50-47-44-41-38-35-32-29-26-23-20-17-14-11-8-5-2/h7,9-10,12,16-21,25-30,34-39,43-48,60H,4-6,8,11,13-15,22-24,31-33,40-42,49-59H2,1-3H3/b10-7-,12-9-,19-16-,20-17-,21-18-,28-25-,29-26-,30-27-,37-34-,38-35-,39-36-,46-43-,47-44-,48-45-. The van der Waals surface area contributed by atoms with Crippen molar-refractivity contribution < 1.29 is 28.6 Å². The van der Waals surface area contributed by atoms with Crippen LogP contribution in [0, 0.1) is 0 Å². The fourth-order valence-electron chi connectivity index (χ4n) is 6.27. The van der Waals surface area contributed by atoms with Gasteiger partial charge in [0.05, 0.1) is 0 Å². The van der Waals surface area contributed by atoms with Crippen LogP contribution in [0.15, 0.2) is 170 Å². The van der Waals surface area contributed by atoms with E-state index in [-0.39, 0.29) is 44.4 Å². The zero-order chi connectivity index (χ0) is 50.0. The first-order valence-electron chi connectivity index (χ1n) is 26.6. The van der Waals surface area contributed by atoms with Crippen molar-refractivity contribution >= 4 is 17.9 Å². The Hall–Kier alpha value is -5.23. The molecule has 0 bridgehead atoms. The Bertz CT molecular complexity index is 1650. The van der Waals surface area contributed by atoms with Crippen LogP contribution in [0.3, 0.4) is 0 Å². The largest absolute Gasteiger partial charge is 0.462 e. The van der Waals surface area contributed by atoms with Gasteiger partial charge in [0.2, 0.25) is 0 Å². The Balaban J connectivity index is 4.70. The number of rotatable bonds is 45. The first kappa shape index (κ1) is 63.8. The molecular formula is C63H94O6. The summed E-state index contributed by atoms with van der Waals surface area (Å²) in [6, 6.07) is 0. The van der Waals surface area contributed by atoms with E-state index in [4.69, 9.17) is 14.2 Å². The summed E-state index contributed by atoms with van der Waals surface area (Å²) >= 11 is 0. The van der Waals surface area contributed by atoms with Crippen LogP contribution in [0.2, 0.25) is 0 Å². The van der Waals surface area contributed by atoms with Gasteiger partial charge in [-0.2, -0.15) is 0 Å². The third-order valence-corrected chi connectivity index (χ3v) is 10.2. The Morgan fingerprint density at radius 3 is 0.826 bits per heavy atom. The van der Waals surface area contributed by atoms with Crippen LogP contribution in [0.4, 0.5) is 0 Å². The molecule has 0 saturated carbocycles. The fraction of sp³-hybridized carbons (Fsp3) is 0.508. The summed E-state index contributed by atoms with van der Waals surface area (Å²) in [5, 5.41) is 0. The number of hydrogen-bond donors (Lipinski definition) is 0. The van der Waals surface area contributed by atoms with Gasteiger partial charge in [-0.05, 0) is 135 Å². The predicted molar refractivity (Wildman–Crippen MR) is 297 cm³/mol. The molecule has 0 saturated heterocycles. The molecule has 0 N–H and O–H groups in total. The number of esters is 3. The van der Waals surface area contributed by atoms with E-state index in [1.807, 2.05) is 0 Å². The number of carbonyl (C=O) groups is 3. The van der Waals surface area contributed by atoms with E-state index in [0.717, 1.165) is 103 Å². The molecule has 6 nitrogen and oxygen atoms in total. The summed E-state index contributed by atoms with van der Waals surface area (Å²) < 4.78 is 16.7. The van der Waals surface area contributed by atoms with Crippen LogP contribution in [-0.2, 0) is 28.6 Å². The zero-order valence-electron chi connectivity index (χ0n) is 43.5. The van der Waals surface area contributed by atoms with Crippen molar-refractivity contribution in [2.24, 2.45) is 0 Å². The van der Waals surface area contributed by atoms with Gasteiger partial charge in [-0.1, -0.05) is 204 Å². The number of carbonyl (C=O) groups excluding carboxylic acids is 3. The van der Waals surface area contributed by atoms with Gasteiger partial charge in [-0.25, -0.2) is 0 Å². The van der Waals surface area contributed by atoms with E-state index < -0.39 is 12.1 Å². The van der Waals surface area contributed by atoms with Crippen LogP contribution in [0.5, 0.6) is 0 Å². The predicted octanol–water partition coefficient (Wildman–Crippen LogP) is 18.0. The van der Waals surface area contributed by atoms with Crippen molar-refractivity contribution in [1.82, 2.24) is 0 Å². The number of ether oxygens (including phenoxy) is 3. The maximum atomic E-state index is 12.8. The second-order valence-electron chi connectivity index (χ2n) is 16.7. The Labute approximate surface area is 422 Å². The van der Waals surface area contributed by atoms with Gasteiger partial charge in [0.1, 0.15) is 13.2 Å². The fourth-order valence-corrected chi connectivity index (χ4v) is 6.27. The van der Waals surface area contributed by atoms with Crippen molar-refractivity contribution in [3.05, 3.63) is 170 Å². The normalized spacial score (nSPS) is 13.5. The molecule has 382 valence electrons. The van der Waals surface area contributed by atoms with Crippen LogP contribution >= 0.6 is 0 Å². The first-order chi connectivity index (χ1) is 34.0. The summed E-state index contributed by atoms with van der Waals surface area (Å²) in [5.41, 5.74) is 0. The highest BCUT2D eigenvalue weighted by Gasteiger charge is 2.19. The van der Waals surface area contributed by atoms with E-state index in [1.54, 1.807) is 0 Å². The van der Waals surface area contributed by atoms with Crippen LogP contribution in [0.1, 0.15) is 188 Å². The van der Waals surface area contributed by atoms with Gasteiger partial charge < -0.3 is 14.2 Å². The lowest BCUT2D eigenvalue weighted by molar-refractivity contribution is -0.166.